The number of rotatable bonds is 6. The highest BCUT2D eigenvalue weighted by Crippen LogP contribution is 2.26. The molecule has 1 unspecified atom stereocenters. The van der Waals surface area contributed by atoms with Gasteiger partial charge >= 0.3 is 0 Å². The summed E-state index contributed by atoms with van der Waals surface area (Å²) in [7, 11) is 0. The fourth-order valence-corrected chi connectivity index (χ4v) is 3.12. The van der Waals surface area contributed by atoms with Gasteiger partial charge in [0.25, 0.3) is 0 Å². The molecule has 0 fully saturated rings. The summed E-state index contributed by atoms with van der Waals surface area (Å²) in [6, 6.07) is 11.9. The van der Waals surface area contributed by atoms with Gasteiger partial charge in [0.15, 0.2) is 0 Å². The molecule has 0 bridgehead atoms. The van der Waals surface area contributed by atoms with Crippen LogP contribution in [0.25, 0.3) is 0 Å². The van der Waals surface area contributed by atoms with E-state index in [-0.39, 0.29) is 17.7 Å². The highest BCUT2D eigenvalue weighted by Gasteiger charge is 2.12. The van der Waals surface area contributed by atoms with Crippen molar-refractivity contribution in [1.82, 2.24) is 5.32 Å². The SMILES string of the molecule is CCNC(CSc1cccc(F)c1)c1ccc(C)c(F)c1. The van der Waals surface area contributed by atoms with Crippen molar-refractivity contribution >= 4 is 11.8 Å². The second-order valence-corrected chi connectivity index (χ2v) is 5.98. The second kappa shape index (κ2) is 7.57. The Hall–Kier alpha value is -1.39. The van der Waals surface area contributed by atoms with Crippen LogP contribution < -0.4 is 5.32 Å². The van der Waals surface area contributed by atoms with Crippen LogP contribution in [0.1, 0.15) is 24.1 Å². The monoisotopic (exact) mass is 307 g/mol. The van der Waals surface area contributed by atoms with Gasteiger partial charge < -0.3 is 5.32 Å². The number of halogens is 2. The molecule has 2 aromatic rings. The van der Waals surface area contributed by atoms with E-state index >= 15 is 0 Å². The Labute approximate surface area is 128 Å². The minimum atomic E-state index is -0.235. The Kier molecular flexibility index (Phi) is 5.76. The van der Waals surface area contributed by atoms with Gasteiger partial charge in [-0.15, -0.1) is 11.8 Å². The minimum absolute atomic E-state index is 0.0402. The van der Waals surface area contributed by atoms with Crippen LogP contribution in [0, 0.1) is 18.6 Å². The molecule has 0 aliphatic rings. The lowest BCUT2D eigenvalue weighted by atomic mass is 10.1. The number of nitrogens with one attached hydrogen (secondary N) is 1. The van der Waals surface area contributed by atoms with Crippen molar-refractivity contribution in [1.29, 1.82) is 0 Å². The average molecular weight is 307 g/mol. The van der Waals surface area contributed by atoms with E-state index in [0.717, 1.165) is 22.8 Å². The Morgan fingerprint density at radius 1 is 1.14 bits per heavy atom. The summed E-state index contributed by atoms with van der Waals surface area (Å²) < 4.78 is 26.9. The number of benzene rings is 2. The molecule has 2 rings (SSSR count). The third-order valence-corrected chi connectivity index (χ3v) is 4.35. The number of aryl methyl sites for hydroxylation is 1. The molecule has 0 radical (unpaired) electrons. The first-order valence-electron chi connectivity index (χ1n) is 6.98. The van der Waals surface area contributed by atoms with E-state index in [2.05, 4.69) is 5.32 Å². The van der Waals surface area contributed by atoms with Crippen molar-refractivity contribution in [3.63, 3.8) is 0 Å². The summed E-state index contributed by atoms with van der Waals surface area (Å²) in [5.41, 5.74) is 1.57. The summed E-state index contributed by atoms with van der Waals surface area (Å²) >= 11 is 1.56. The van der Waals surface area contributed by atoms with Crippen LogP contribution in [0.3, 0.4) is 0 Å². The lowest BCUT2D eigenvalue weighted by Gasteiger charge is -2.18. The molecular weight excluding hydrogens is 288 g/mol. The molecule has 112 valence electrons. The zero-order valence-corrected chi connectivity index (χ0v) is 13.0. The third-order valence-electron chi connectivity index (χ3n) is 3.26. The zero-order valence-electron chi connectivity index (χ0n) is 12.2. The molecule has 21 heavy (non-hydrogen) atoms. The van der Waals surface area contributed by atoms with Gasteiger partial charge in [0, 0.05) is 16.7 Å². The van der Waals surface area contributed by atoms with E-state index in [1.807, 2.05) is 19.1 Å². The van der Waals surface area contributed by atoms with Crippen LogP contribution in [0.15, 0.2) is 47.4 Å². The molecule has 0 spiro atoms. The smallest absolute Gasteiger partial charge is 0.126 e. The number of thioether (sulfide) groups is 1. The predicted molar refractivity (Wildman–Crippen MR) is 84.7 cm³/mol. The number of hydrogen-bond donors (Lipinski definition) is 1. The first-order valence-corrected chi connectivity index (χ1v) is 7.96. The molecular formula is C17H19F2NS. The Morgan fingerprint density at radius 2 is 1.95 bits per heavy atom. The predicted octanol–water partition coefficient (Wildman–Crippen LogP) is 4.72. The van der Waals surface area contributed by atoms with E-state index in [4.69, 9.17) is 0 Å². The minimum Gasteiger partial charge on any atom is -0.309 e. The summed E-state index contributed by atoms with van der Waals surface area (Å²) in [5, 5.41) is 3.35. The molecule has 0 aliphatic carbocycles. The maximum atomic E-state index is 13.7. The zero-order chi connectivity index (χ0) is 15.2. The quantitative estimate of drug-likeness (QED) is 0.775. The maximum absolute atomic E-state index is 13.7. The van der Waals surface area contributed by atoms with Gasteiger partial charge in [0.2, 0.25) is 0 Å². The molecule has 2 aromatic carbocycles. The Balaban J connectivity index is 2.09. The average Bonchev–Trinajstić information content (AvgIpc) is 2.46. The molecule has 0 saturated carbocycles. The highest BCUT2D eigenvalue weighted by atomic mass is 32.2. The van der Waals surface area contributed by atoms with Gasteiger partial charge in [-0.2, -0.15) is 0 Å². The van der Waals surface area contributed by atoms with Crippen molar-refractivity contribution in [2.24, 2.45) is 0 Å². The molecule has 4 heteroatoms. The lowest BCUT2D eigenvalue weighted by Crippen LogP contribution is -2.23. The van der Waals surface area contributed by atoms with E-state index < -0.39 is 0 Å². The summed E-state index contributed by atoms with van der Waals surface area (Å²) in [4.78, 5) is 0.880. The normalized spacial score (nSPS) is 12.4. The first kappa shape index (κ1) is 16.0. The molecule has 0 aromatic heterocycles. The van der Waals surface area contributed by atoms with E-state index in [9.17, 15) is 8.78 Å². The first-order chi connectivity index (χ1) is 10.1. The van der Waals surface area contributed by atoms with Crippen LogP contribution >= 0.6 is 11.8 Å². The molecule has 1 N–H and O–H groups in total. The van der Waals surface area contributed by atoms with Gasteiger partial charge in [-0.05, 0) is 48.9 Å². The van der Waals surface area contributed by atoms with Gasteiger partial charge in [0.1, 0.15) is 11.6 Å². The van der Waals surface area contributed by atoms with Gasteiger partial charge in [0.05, 0.1) is 0 Å². The second-order valence-electron chi connectivity index (χ2n) is 4.89. The Morgan fingerprint density at radius 3 is 2.62 bits per heavy atom. The molecule has 0 heterocycles. The van der Waals surface area contributed by atoms with Crippen LogP contribution in [-0.2, 0) is 0 Å². The number of hydrogen-bond acceptors (Lipinski definition) is 2. The largest absolute Gasteiger partial charge is 0.309 e. The van der Waals surface area contributed by atoms with Crippen molar-refractivity contribution in [3.8, 4) is 0 Å². The van der Waals surface area contributed by atoms with Crippen LogP contribution in [0.2, 0.25) is 0 Å². The van der Waals surface area contributed by atoms with E-state index in [0.29, 0.717) is 5.56 Å². The molecule has 1 atom stereocenters. The van der Waals surface area contributed by atoms with Gasteiger partial charge in [-0.1, -0.05) is 25.1 Å². The Bertz CT molecular complexity index is 601. The fourth-order valence-electron chi connectivity index (χ4n) is 2.08. The molecule has 0 aliphatic heterocycles. The van der Waals surface area contributed by atoms with Crippen molar-refractivity contribution in [2.45, 2.75) is 24.8 Å². The highest BCUT2D eigenvalue weighted by molar-refractivity contribution is 7.99. The van der Waals surface area contributed by atoms with Crippen molar-refractivity contribution in [2.75, 3.05) is 12.3 Å². The topological polar surface area (TPSA) is 12.0 Å². The van der Waals surface area contributed by atoms with Crippen molar-refractivity contribution < 1.29 is 8.78 Å². The van der Waals surface area contributed by atoms with E-state index in [1.54, 1.807) is 36.9 Å². The summed E-state index contributed by atoms with van der Waals surface area (Å²) in [6.45, 7) is 4.57. The van der Waals surface area contributed by atoms with Crippen LogP contribution in [0.5, 0.6) is 0 Å². The van der Waals surface area contributed by atoms with Crippen LogP contribution in [0.4, 0.5) is 8.78 Å². The van der Waals surface area contributed by atoms with Crippen molar-refractivity contribution in [3.05, 3.63) is 65.2 Å². The summed E-state index contributed by atoms with van der Waals surface area (Å²) in [5.74, 6) is 0.298. The molecule has 0 amide bonds. The molecule has 1 nitrogen and oxygen atoms in total. The molecule has 0 saturated heterocycles. The lowest BCUT2D eigenvalue weighted by molar-refractivity contribution is 0.584. The standard InChI is InChI=1S/C17H19F2NS/c1-3-20-17(13-8-7-12(2)16(19)9-13)11-21-15-6-4-5-14(18)10-15/h4-10,17,20H,3,11H2,1-2H3. The maximum Gasteiger partial charge on any atom is 0.126 e. The summed E-state index contributed by atoms with van der Waals surface area (Å²) in [6.07, 6.45) is 0. The van der Waals surface area contributed by atoms with Crippen LogP contribution in [-0.4, -0.2) is 12.3 Å². The fraction of sp³-hybridized carbons (Fsp3) is 0.294. The third kappa shape index (κ3) is 4.55. The van der Waals surface area contributed by atoms with Gasteiger partial charge in [-0.3, -0.25) is 0 Å². The van der Waals surface area contributed by atoms with Gasteiger partial charge in [-0.25, -0.2) is 8.78 Å². The van der Waals surface area contributed by atoms with E-state index in [1.165, 1.54) is 12.1 Å².